The SMILES string of the molecule is CCc1cccc(CNC[C@@H](O)[C@H](Cc2cc(F)cc(F)c2)NC(=O)c2cccc(NS(C)(=O)=O)c2)c1. The van der Waals surface area contributed by atoms with Crippen molar-refractivity contribution >= 4 is 21.6 Å². The molecule has 2 atom stereocenters. The molecule has 0 fully saturated rings. The van der Waals surface area contributed by atoms with E-state index >= 15 is 0 Å². The molecule has 0 unspecified atom stereocenters. The third-order valence-electron chi connectivity index (χ3n) is 5.67. The Morgan fingerprint density at radius 2 is 1.62 bits per heavy atom. The number of benzene rings is 3. The monoisotopic (exact) mass is 531 g/mol. The average Bonchev–Trinajstić information content (AvgIpc) is 2.82. The van der Waals surface area contributed by atoms with Gasteiger partial charge >= 0.3 is 0 Å². The standard InChI is InChI=1S/C27H31F2N3O4S/c1-3-18-6-4-7-19(10-18)16-30-17-26(33)25(13-20-11-22(28)15-23(29)12-20)31-27(34)21-8-5-9-24(14-21)32-37(2,35)36/h4-12,14-15,25-26,30,32-33H,3,13,16-17H2,1-2H3,(H,31,34)/t25-,26+/m0/s1. The Bertz CT molecular complexity index is 1310. The number of aliphatic hydroxyl groups excluding tert-OH is 1. The second-order valence-corrected chi connectivity index (χ2v) is 10.6. The molecule has 7 nitrogen and oxygen atoms in total. The van der Waals surface area contributed by atoms with Crippen LogP contribution in [0.1, 0.15) is 34.0 Å². The van der Waals surface area contributed by atoms with Gasteiger partial charge in [0.05, 0.1) is 18.4 Å². The minimum Gasteiger partial charge on any atom is -0.390 e. The van der Waals surface area contributed by atoms with E-state index in [4.69, 9.17) is 0 Å². The van der Waals surface area contributed by atoms with Crippen molar-refractivity contribution in [3.63, 3.8) is 0 Å². The van der Waals surface area contributed by atoms with Crippen molar-refractivity contribution in [3.05, 3.63) is 101 Å². The fourth-order valence-corrected chi connectivity index (χ4v) is 4.48. The number of hydrogen-bond donors (Lipinski definition) is 4. The molecule has 3 aromatic carbocycles. The highest BCUT2D eigenvalue weighted by molar-refractivity contribution is 7.92. The Balaban J connectivity index is 1.74. The summed E-state index contributed by atoms with van der Waals surface area (Å²) in [4.78, 5) is 13.0. The van der Waals surface area contributed by atoms with E-state index in [1.807, 2.05) is 18.2 Å². The van der Waals surface area contributed by atoms with Crippen LogP contribution in [0.15, 0.2) is 66.7 Å². The van der Waals surface area contributed by atoms with Gasteiger partial charge in [-0.15, -0.1) is 0 Å². The summed E-state index contributed by atoms with van der Waals surface area (Å²) in [6.07, 6.45) is 0.767. The Hall–Kier alpha value is -3.34. The van der Waals surface area contributed by atoms with Gasteiger partial charge in [-0.05, 0) is 59.9 Å². The van der Waals surface area contributed by atoms with E-state index in [-0.39, 0.29) is 29.8 Å². The molecule has 10 heteroatoms. The molecule has 0 aliphatic heterocycles. The third-order valence-corrected chi connectivity index (χ3v) is 6.28. The quantitative estimate of drug-likeness (QED) is 0.287. The number of carbonyl (C=O) groups excluding carboxylic acids is 1. The summed E-state index contributed by atoms with van der Waals surface area (Å²) in [7, 11) is -3.54. The summed E-state index contributed by atoms with van der Waals surface area (Å²) in [5, 5.41) is 16.8. The zero-order valence-electron chi connectivity index (χ0n) is 20.7. The molecule has 0 bridgehead atoms. The number of carbonyl (C=O) groups is 1. The third kappa shape index (κ3) is 9.23. The number of halogens is 2. The first-order valence-electron chi connectivity index (χ1n) is 11.8. The van der Waals surface area contributed by atoms with Crippen LogP contribution in [0.4, 0.5) is 14.5 Å². The number of rotatable bonds is 12. The maximum absolute atomic E-state index is 13.8. The molecule has 4 N–H and O–H groups in total. The predicted molar refractivity (Wildman–Crippen MR) is 140 cm³/mol. The van der Waals surface area contributed by atoms with E-state index in [0.717, 1.165) is 36.4 Å². The van der Waals surface area contributed by atoms with Crippen LogP contribution in [0.2, 0.25) is 0 Å². The molecule has 0 aliphatic carbocycles. The molecule has 3 rings (SSSR count). The first-order chi connectivity index (χ1) is 17.5. The molecule has 0 heterocycles. The highest BCUT2D eigenvalue weighted by Crippen LogP contribution is 2.15. The molecule has 37 heavy (non-hydrogen) atoms. The number of aliphatic hydroxyl groups is 1. The summed E-state index contributed by atoms with van der Waals surface area (Å²) in [6.45, 7) is 2.65. The summed E-state index contributed by atoms with van der Waals surface area (Å²) in [6, 6.07) is 16.0. The number of amides is 1. The van der Waals surface area contributed by atoms with Gasteiger partial charge in [0.1, 0.15) is 11.6 Å². The van der Waals surface area contributed by atoms with Crippen LogP contribution >= 0.6 is 0 Å². The van der Waals surface area contributed by atoms with Crippen LogP contribution in [0.3, 0.4) is 0 Å². The lowest BCUT2D eigenvalue weighted by molar-refractivity contribution is 0.0830. The summed E-state index contributed by atoms with van der Waals surface area (Å²) in [5.41, 5.74) is 2.85. The van der Waals surface area contributed by atoms with Crippen LogP contribution in [0.5, 0.6) is 0 Å². The van der Waals surface area contributed by atoms with E-state index < -0.39 is 39.7 Å². The lowest BCUT2D eigenvalue weighted by atomic mass is 10.00. The van der Waals surface area contributed by atoms with E-state index in [1.165, 1.54) is 29.8 Å². The molecule has 0 aliphatic rings. The second-order valence-electron chi connectivity index (χ2n) is 8.89. The highest BCUT2D eigenvalue weighted by atomic mass is 32.2. The Kier molecular flexibility index (Phi) is 9.73. The Morgan fingerprint density at radius 3 is 2.30 bits per heavy atom. The topological polar surface area (TPSA) is 108 Å². The first kappa shape index (κ1) is 28.2. The molecule has 0 radical (unpaired) electrons. The minimum absolute atomic E-state index is 0.0319. The fourth-order valence-electron chi connectivity index (χ4n) is 3.92. The van der Waals surface area contributed by atoms with Crippen molar-refractivity contribution in [3.8, 4) is 0 Å². The van der Waals surface area contributed by atoms with E-state index in [2.05, 4.69) is 28.3 Å². The maximum atomic E-state index is 13.8. The molecule has 3 aromatic rings. The largest absolute Gasteiger partial charge is 0.390 e. The molecule has 0 spiro atoms. The van der Waals surface area contributed by atoms with Crippen LogP contribution in [-0.4, -0.2) is 44.4 Å². The molecule has 0 saturated carbocycles. The first-order valence-corrected chi connectivity index (χ1v) is 13.7. The fraction of sp³-hybridized carbons (Fsp3) is 0.296. The van der Waals surface area contributed by atoms with Gasteiger partial charge in [0.25, 0.3) is 5.91 Å². The van der Waals surface area contributed by atoms with Crippen molar-refractivity contribution in [2.24, 2.45) is 0 Å². The van der Waals surface area contributed by atoms with Gasteiger partial charge in [0.2, 0.25) is 10.0 Å². The number of sulfonamides is 1. The van der Waals surface area contributed by atoms with Gasteiger partial charge in [0, 0.05) is 30.4 Å². The molecular weight excluding hydrogens is 500 g/mol. The normalized spacial score (nSPS) is 13.1. The number of anilines is 1. The zero-order valence-corrected chi connectivity index (χ0v) is 21.5. The van der Waals surface area contributed by atoms with Gasteiger partial charge in [-0.25, -0.2) is 17.2 Å². The molecule has 0 saturated heterocycles. The highest BCUT2D eigenvalue weighted by Gasteiger charge is 2.23. The van der Waals surface area contributed by atoms with E-state index in [1.54, 1.807) is 0 Å². The van der Waals surface area contributed by atoms with Gasteiger partial charge < -0.3 is 15.7 Å². The van der Waals surface area contributed by atoms with Crippen LogP contribution in [0.25, 0.3) is 0 Å². The van der Waals surface area contributed by atoms with Gasteiger partial charge in [-0.1, -0.05) is 37.3 Å². The lowest BCUT2D eigenvalue weighted by Gasteiger charge is -2.25. The van der Waals surface area contributed by atoms with Crippen molar-refractivity contribution in [2.45, 2.75) is 38.5 Å². The number of aryl methyl sites for hydroxylation is 1. The van der Waals surface area contributed by atoms with Crippen molar-refractivity contribution in [1.29, 1.82) is 0 Å². The molecule has 198 valence electrons. The van der Waals surface area contributed by atoms with Gasteiger partial charge in [-0.2, -0.15) is 0 Å². The molecule has 1 amide bonds. The summed E-state index contributed by atoms with van der Waals surface area (Å²) < 4.78 is 52.9. The second kappa shape index (κ2) is 12.8. The van der Waals surface area contributed by atoms with Crippen LogP contribution in [0, 0.1) is 11.6 Å². The van der Waals surface area contributed by atoms with E-state index in [9.17, 15) is 27.1 Å². The van der Waals surface area contributed by atoms with Crippen LogP contribution in [-0.2, 0) is 29.4 Å². The lowest BCUT2D eigenvalue weighted by Crippen LogP contribution is -2.48. The molecule has 0 aromatic heterocycles. The zero-order chi connectivity index (χ0) is 27.0. The minimum atomic E-state index is -3.54. The Labute approximate surface area is 216 Å². The summed E-state index contributed by atoms with van der Waals surface area (Å²) in [5.74, 6) is -2.10. The van der Waals surface area contributed by atoms with Crippen LogP contribution < -0.4 is 15.4 Å². The predicted octanol–water partition coefficient (Wildman–Crippen LogP) is 3.39. The van der Waals surface area contributed by atoms with Crippen molar-refractivity contribution in [1.82, 2.24) is 10.6 Å². The van der Waals surface area contributed by atoms with E-state index in [0.29, 0.717) is 6.54 Å². The summed E-state index contributed by atoms with van der Waals surface area (Å²) >= 11 is 0. The van der Waals surface area contributed by atoms with Gasteiger partial charge in [0.15, 0.2) is 0 Å². The smallest absolute Gasteiger partial charge is 0.251 e. The number of nitrogens with one attached hydrogen (secondary N) is 3. The van der Waals surface area contributed by atoms with Crippen molar-refractivity contribution in [2.75, 3.05) is 17.5 Å². The molecular formula is C27H31F2N3O4S. The average molecular weight is 532 g/mol. The Morgan fingerprint density at radius 1 is 0.946 bits per heavy atom. The maximum Gasteiger partial charge on any atom is 0.251 e. The van der Waals surface area contributed by atoms with Gasteiger partial charge in [-0.3, -0.25) is 9.52 Å². The van der Waals surface area contributed by atoms with Crippen molar-refractivity contribution < 1.29 is 27.1 Å². The number of hydrogen-bond acceptors (Lipinski definition) is 5.